The van der Waals surface area contributed by atoms with Crippen LogP contribution in [0.2, 0.25) is 0 Å². The van der Waals surface area contributed by atoms with Gasteiger partial charge in [0.15, 0.2) is 6.04 Å². The van der Waals surface area contributed by atoms with Gasteiger partial charge < -0.3 is 42.1 Å². The molecule has 14 heteroatoms. The lowest BCUT2D eigenvalue weighted by Crippen LogP contribution is -2.59. The van der Waals surface area contributed by atoms with E-state index >= 15 is 0 Å². The fraction of sp³-hybridized carbons (Fsp3) is 0.684. The van der Waals surface area contributed by atoms with E-state index in [9.17, 15) is 33.9 Å². The third-order valence-corrected chi connectivity index (χ3v) is 4.90. The van der Waals surface area contributed by atoms with Crippen molar-refractivity contribution in [1.29, 1.82) is 0 Å². The Labute approximate surface area is 189 Å². The topological polar surface area (TPSA) is 245 Å². The Balaban J connectivity index is 5.62. The average Bonchev–Trinajstić information content (AvgIpc) is 2.71. The zero-order valence-corrected chi connectivity index (χ0v) is 18.6. The quantitative estimate of drug-likeness (QED) is 0.124. The Morgan fingerprint density at radius 3 is 1.76 bits per heavy atom. The molecule has 6 atom stereocenters. The van der Waals surface area contributed by atoms with Gasteiger partial charge >= 0.3 is 17.9 Å². The number of carbonyl (C=O) groups is 6. The number of aliphatic hydroxyl groups excluding tert-OH is 1. The van der Waals surface area contributed by atoms with Gasteiger partial charge in [0.05, 0.1) is 18.6 Å². The fourth-order valence-corrected chi connectivity index (χ4v) is 2.62. The summed E-state index contributed by atoms with van der Waals surface area (Å²) >= 11 is 0. The van der Waals surface area contributed by atoms with E-state index in [1.165, 1.54) is 0 Å². The van der Waals surface area contributed by atoms with E-state index in [0.29, 0.717) is 6.42 Å². The molecule has 9 N–H and O–H groups in total. The van der Waals surface area contributed by atoms with Gasteiger partial charge in [0.1, 0.15) is 12.1 Å². The Bertz CT molecular complexity index is 742. The maximum atomic E-state index is 12.7. The second kappa shape index (κ2) is 14.0. The molecule has 0 fully saturated rings. The Morgan fingerprint density at radius 2 is 1.33 bits per heavy atom. The van der Waals surface area contributed by atoms with Crippen molar-refractivity contribution >= 4 is 35.6 Å². The van der Waals surface area contributed by atoms with Crippen molar-refractivity contribution in [2.24, 2.45) is 11.7 Å². The largest absolute Gasteiger partial charge is 0.481 e. The van der Waals surface area contributed by atoms with Crippen molar-refractivity contribution in [3.8, 4) is 0 Å². The van der Waals surface area contributed by atoms with E-state index in [-0.39, 0.29) is 5.92 Å². The maximum absolute atomic E-state index is 12.7. The number of rotatable bonds is 15. The van der Waals surface area contributed by atoms with Crippen LogP contribution < -0.4 is 21.7 Å². The number of amides is 3. The molecule has 3 amide bonds. The molecule has 0 saturated heterocycles. The van der Waals surface area contributed by atoms with Crippen LogP contribution >= 0.6 is 0 Å². The minimum absolute atomic E-state index is 0.277. The van der Waals surface area contributed by atoms with Crippen molar-refractivity contribution in [3.05, 3.63) is 0 Å². The number of nitrogens with two attached hydrogens (primary N) is 1. The Hall–Kier alpha value is -3.26. The summed E-state index contributed by atoms with van der Waals surface area (Å²) in [6.45, 7) is 4.56. The Kier molecular flexibility index (Phi) is 12.6. The van der Waals surface area contributed by atoms with Crippen molar-refractivity contribution in [1.82, 2.24) is 16.0 Å². The van der Waals surface area contributed by atoms with Crippen molar-refractivity contribution < 1.29 is 49.2 Å². The van der Waals surface area contributed by atoms with E-state index in [1.807, 2.05) is 5.32 Å². The molecule has 0 bridgehead atoms. The zero-order chi connectivity index (χ0) is 25.9. The second-order valence-electron chi connectivity index (χ2n) is 7.63. The molecule has 0 saturated carbocycles. The van der Waals surface area contributed by atoms with Gasteiger partial charge in [-0.3, -0.25) is 24.0 Å². The SMILES string of the molecule is CCC(C)C(N)C(=O)NC(CC(=O)O)C(=O)NC(CCC(=O)O)C(=O)NC(C(=O)O)C(C)O. The van der Waals surface area contributed by atoms with Crippen LogP contribution in [0.15, 0.2) is 0 Å². The lowest BCUT2D eigenvalue weighted by atomic mass is 9.99. The molecule has 33 heavy (non-hydrogen) atoms. The van der Waals surface area contributed by atoms with Crippen LogP contribution in [0.3, 0.4) is 0 Å². The fourth-order valence-electron chi connectivity index (χ4n) is 2.62. The predicted molar refractivity (Wildman–Crippen MR) is 112 cm³/mol. The summed E-state index contributed by atoms with van der Waals surface area (Å²) in [5.41, 5.74) is 5.79. The zero-order valence-electron chi connectivity index (χ0n) is 18.6. The van der Waals surface area contributed by atoms with E-state index in [0.717, 1.165) is 6.92 Å². The number of aliphatic hydroxyl groups is 1. The molecule has 0 aromatic carbocycles. The highest BCUT2D eigenvalue weighted by molar-refractivity contribution is 5.95. The smallest absolute Gasteiger partial charge is 0.328 e. The number of carboxylic acid groups (broad SMARTS) is 3. The standard InChI is InChI=1S/C19H32N4O10/c1-4-8(2)14(20)18(31)22-11(7-13(27)28)17(30)21-10(5-6-12(25)26)16(29)23-15(9(3)24)19(32)33/h8-11,14-15,24H,4-7,20H2,1-3H3,(H,21,30)(H,22,31)(H,23,29)(H,25,26)(H,27,28)(H,32,33). The Morgan fingerprint density at radius 1 is 0.818 bits per heavy atom. The molecule has 0 aromatic rings. The maximum Gasteiger partial charge on any atom is 0.328 e. The molecule has 0 radical (unpaired) electrons. The molecule has 0 aliphatic heterocycles. The van der Waals surface area contributed by atoms with E-state index in [2.05, 4.69) is 10.6 Å². The van der Waals surface area contributed by atoms with E-state index < -0.39 is 85.2 Å². The molecule has 14 nitrogen and oxygen atoms in total. The first-order valence-corrected chi connectivity index (χ1v) is 10.2. The minimum atomic E-state index is -1.75. The molecular formula is C19H32N4O10. The van der Waals surface area contributed by atoms with E-state index in [1.54, 1.807) is 13.8 Å². The van der Waals surface area contributed by atoms with Crippen molar-refractivity contribution in [3.63, 3.8) is 0 Å². The first-order valence-electron chi connectivity index (χ1n) is 10.2. The van der Waals surface area contributed by atoms with Crippen LogP contribution in [0.25, 0.3) is 0 Å². The van der Waals surface area contributed by atoms with Gasteiger partial charge in [0, 0.05) is 6.42 Å². The van der Waals surface area contributed by atoms with Crippen LogP contribution in [0.1, 0.15) is 46.5 Å². The van der Waals surface area contributed by atoms with Crippen LogP contribution in [-0.4, -0.2) is 86.3 Å². The second-order valence-corrected chi connectivity index (χ2v) is 7.63. The lowest BCUT2D eigenvalue weighted by molar-refractivity contribution is -0.146. The molecule has 188 valence electrons. The van der Waals surface area contributed by atoms with Gasteiger partial charge in [-0.1, -0.05) is 20.3 Å². The molecule has 0 rings (SSSR count). The number of hydrogen-bond acceptors (Lipinski definition) is 8. The van der Waals surface area contributed by atoms with Crippen molar-refractivity contribution in [2.75, 3.05) is 0 Å². The predicted octanol–water partition coefficient (Wildman–Crippen LogP) is -2.38. The summed E-state index contributed by atoms with van der Waals surface area (Å²) in [6.07, 6.45) is -2.90. The minimum Gasteiger partial charge on any atom is -0.481 e. The number of carboxylic acids is 3. The first kappa shape index (κ1) is 29.7. The lowest BCUT2D eigenvalue weighted by Gasteiger charge is -2.25. The highest BCUT2D eigenvalue weighted by Gasteiger charge is 2.33. The third-order valence-electron chi connectivity index (χ3n) is 4.90. The summed E-state index contributed by atoms with van der Waals surface area (Å²) in [5.74, 6) is -7.64. The summed E-state index contributed by atoms with van der Waals surface area (Å²) in [5, 5.41) is 42.9. The first-order chi connectivity index (χ1) is 15.2. The molecule has 0 heterocycles. The molecule has 6 unspecified atom stereocenters. The molecule has 0 aromatic heterocycles. The summed E-state index contributed by atoms with van der Waals surface area (Å²) in [7, 11) is 0. The number of carbonyl (C=O) groups excluding carboxylic acids is 3. The van der Waals surface area contributed by atoms with Crippen LogP contribution in [0, 0.1) is 5.92 Å². The van der Waals surface area contributed by atoms with Gasteiger partial charge in [-0.05, 0) is 19.3 Å². The summed E-state index contributed by atoms with van der Waals surface area (Å²) < 4.78 is 0. The van der Waals surface area contributed by atoms with Crippen LogP contribution in [-0.2, 0) is 28.8 Å². The monoisotopic (exact) mass is 476 g/mol. The van der Waals surface area contributed by atoms with Crippen LogP contribution in [0.5, 0.6) is 0 Å². The normalized spacial score (nSPS) is 16.3. The number of hydrogen-bond donors (Lipinski definition) is 8. The number of nitrogens with one attached hydrogen (secondary N) is 3. The average molecular weight is 476 g/mol. The highest BCUT2D eigenvalue weighted by Crippen LogP contribution is 2.07. The molecular weight excluding hydrogens is 444 g/mol. The molecule has 0 aliphatic rings. The third kappa shape index (κ3) is 10.7. The van der Waals surface area contributed by atoms with Gasteiger partial charge in [0.2, 0.25) is 17.7 Å². The van der Waals surface area contributed by atoms with E-state index in [4.69, 9.17) is 21.1 Å². The number of aliphatic carboxylic acids is 3. The van der Waals surface area contributed by atoms with Crippen LogP contribution in [0.4, 0.5) is 0 Å². The van der Waals surface area contributed by atoms with Gasteiger partial charge in [0.25, 0.3) is 0 Å². The molecule has 0 aliphatic carbocycles. The van der Waals surface area contributed by atoms with Gasteiger partial charge in [-0.2, -0.15) is 0 Å². The van der Waals surface area contributed by atoms with Gasteiger partial charge in [-0.15, -0.1) is 0 Å². The van der Waals surface area contributed by atoms with Gasteiger partial charge in [-0.25, -0.2) is 4.79 Å². The summed E-state index contributed by atoms with van der Waals surface area (Å²) in [6, 6.07) is -6.01. The highest BCUT2D eigenvalue weighted by atomic mass is 16.4. The van der Waals surface area contributed by atoms with Crippen molar-refractivity contribution in [2.45, 2.75) is 76.7 Å². The molecule has 0 spiro atoms. The summed E-state index contributed by atoms with van der Waals surface area (Å²) in [4.78, 5) is 70.8.